The lowest BCUT2D eigenvalue weighted by atomic mass is 10.0. The van der Waals surface area contributed by atoms with Crippen LogP contribution in [-0.2, 0) is 25.7 Å². The van der Waals surface area contributed by atoms with Crippen molar-refractivity contribution in [3.63, 3.8) is 0 Å². The van der Waals surface area contributed by atoms with Gasteiger partial charge >= 0.3 is 0 Å². The number of para-hydroxylation sites is 1. The average molecular weight is 635 g/mol. The van der Waals surface area contributed by atoms with E-state index in [-0.39, 0.29) is 55.2 Å². The van der Waals surface area contributed by atoms with Crippen LogP contribution in [0.1, 0.15) is 50.0 Å². The number of nitrogens with zero attached hydrogens (tertiary/aromatic N) is 3. The van der Waals surface area contributed by atoms with Gasteiger partial charge in [0.1, 0.15) is 24.4 Å². The van der Waals surface area contributed by atoms with Gasteiger partial charge in [-0.3, -0.25) is 24.0 Å². The third-order valence-electron chi connectivity index (χ3n) is 8.29. The number of nitrogens with one attached hydrogen (secondary N) is 3. The maximum absolute atomic E-state index is 14.0. The SMILES string of the molecule is CCN1CCN(C(=O)[C@@H]2CC(=O)N(Cc3ccccc3)CC(=O)N[C@H](C(C)C)C(=O)N[C@@H](C)COc3ccccc3C(=O)N2)CC1. The first-order valence-electron chi connectivity index (χ1n) is 16.0. The van der Waals surface area contributed by atoms with E-state index in [0.717, 1.165) is 12.1 Å². The number of rotatable bonds is 5. The molecule has 3 atom stereocenters. The van der Waals surface area contributed by atoms with E-state index < -0.39 is 35.8 Å². The number of likely N-dealkylation sites (N-methyl/N-ethyl adjacent to an activating group) is 1. The topological polar surface area (TPSA) is 140 Å². The van der Waals surface area contributed by atoms with E-state index in [1.807, 2.05) is 44.2 Å². The predicted octanol–water partition coefficient (Wildman–Crippen LogP) is 1.41. The van der Waals surface area contributed by atoms with Crippen molar-refractivity contribution in [2.45, 2.75) is 58.8 Å². The Morgan fingerprint density at radius 2 is 1.59 bits per heavy atom. The average Bonchev–Trinajstić information content (AvgIpc) is 3.05. The van der Waals surface area contributed by atoms with Crippen molar-refractivity contribution < 1.29 is 28.7 Å². The zero-order chi connectivity index (χ0) is 33.2. The van der Waals surface area contributed by atoms with E-state index >= 15 is 0 Å². The number of carbonyl (C=O) groups excluding carboxylic acids is 5. The van der Waals surface area contributed by atoms with Crippen molar-refractivity contribution in [1.82, 2.24) is 30.7 Å². The second-order valence-corrected chi connectivity index (χ2v) is 12.2. The maximum Gasteiger partial charge on any atom is 0.255 e. The third-order valence-corrected chi connectivity index (χ3v) is 8.29. The summed E-state index contributed by atoms with van der Waals surface area (Å²) in [4.78, 5) is 73.5. The molecule has 12 nitrogen and oxygen atoms in total. The highest BCUT2D eigenvalue weighted by Crippen LogP contribution is 2.20. The summed E-state index contributed by atoms with van der Waals surface area (Å²) in [6.07, 6.45) is -0.354. The van der Waals surface area contributed by atoms with Crippen molar-refractivity contribution in [3.8, 4) is 5.75 Å². The Morgan fingerprint density at radius 1 is 0.913 bits per heavy atom. The van der Waals surface area contributed by atoms with Gasteiger partial charge in [-0.05, 0) is 37.1 Å². The molecule has 2 heterocycles. The van der Waals surface area contributed by atoms with Gasteiger partial charge in [0.25, 0.3) is 5.91 Å². The number of ether oxygens (including phenoxy) is 1. The van der Waals surface area contributed by atoms with E-state index in [4.69, 9.17) is 4.74 Å². The van der Waals surface area contributed by atoms with Crippen molar-refractivity contribution in [1.29, 1.82) is 0 Å². The lowest BCUT2D eigenvalue weighted by molar-refractivity contribution is -0.142. The Bertz CT molecular complexity index is 1380. The molecule has 2 aromatic carbocycles. The summed E-state index contributed by atoms with van der Waals surface area (Å²) in [6.45, 7) is 10.5. The molecule has 2 aliphatic rings. The number of amides is 5. The molecule has 0 aromatic heterocycles. The summed E-state index contributed by atoms with van der Waals surface area (Å²) in [6, 6.07) is 13.4. The minimum Gasteiger partial charge on any atom is -0.491 e. The zero-order valence-electron chi connectivity index (χ0n) is 27.2. The van der Waals surface area contributed by atoms with Gasteiger partial charge in [0, 0.05) is 32.7 Å². The number of carbonyl (C=O) groups is 5. The number of hydrogen-bond donors (Lipinski definition) is 3. The van der Waals surface area contributed by atoms with Gasteiger partial charge in [0.15, 0.2) is 0 Å². The normalized spacial score (nSPS) is 22.7. The summed E-state index contributed by atoms with van der Waals surface area (Å²) < 4.78 is 5.96. The Kier molecular flexibility index (Phi) is 12.1. The van der Waals surface area contributed by atoms with Crippen LogP contribution >= 0.6 is 0 Å². The molecule has 0 unspecified atom stereocenters. The second kappa shape index (κ2) is 16.2. The summed E-state index contributed by atoms with van der Waals surface area (Å²) in [5.74, 6) is -2.28. The fraction of sp³-hybridized carbons (Fsp3) is 0.500. The van der Waals surface area contributed by atoms with Crippen molar-refractivity contribution in [2.75, 3.05) is 45.9 Å². The summed E-state index contributed by atoms with van der Waals surface area (Å²) >= 11 is 0. The Hall–Kier alpha value is -4.45. The van der Waals surface area contributed by atoms with E-state index in [2.05, 4.69) is 27.8 Å². The van der Waals surface area contributed by atoms with Crippen LogP contribution in [0.15, 0.2) is 54.6 Å². The summed E-state index contributed by atoms with van der Waals surface area (Å²) in [7, 11) is 0. The largest absolute Gasteiger partial charge is 0.491 e. The number of benzene rings is 2. The standard InChI is InChI=1S/C34H46N6O6/c1-5-38-15-17-39(18-16-38)34(45)27-19-30(42)40(20-25-11-7-6-8-12-25)21-29(41)37-31(23(2)3)33(44)35-24(4)22-46-28-14-10-9-13-26(28)32(43)36-27/h6-14,23-24,27,31H,5,15-22H2,1-4H3,(H,35,44)(H,36,43)(H,37,41)/t24-,27-,31+/m0/s1. The number of piperazine rings is 1. The minimum absolute atomic E-state index is 0.0577. The highest BCUT2D eigenvalue weighted by Gasteiger charge is 2.34. The Morgan fingerprint density at radius 3 is 2.26 bits per heavy atom. The van der Waals surface area contributed by atoms with Gasteiger partial charge in [-0.25, -0.2) is 0 Å². The van der Waals surface area contributed by atoms with Crippen LogP contribution in [0.4, 0.5) is 0 Å². The van der Waals surface area contributed by atoms with Crippen LogP contribution in [0.3, 0.4) is 0 Å². The Balaban J connectivity index is 1.69. The first-order valence-corrected chi connectivity index (χ1v) is 16.0. The monoisotopic (exact) mass is 634 g/mol. The summed E-state index contributed by atoms with van der Waals surface area (Å²) in [5.41, 5.74) is 0.986. The molecule has 12 heteroatoms. The lowest BCUT2D eigenvalue weighted by Crippen LogP contribution is -2.56. The summed E-state index contributed by atoms with van der Waals surface area (Å²) in [5, 5.41) is 8.49. The van der Waals surface area contributed by atoms with Crippen molar-refractivity contribution in [2.24, 2.45) is 5.92 Å². The molecule has 1 fully saturated rings. The maximum atomic E-state index is 14.0. The van der Waals surface area contributed by atoms with Gasteiger partial charge in [0.05, 0.1) is 24.6 Å². The molecule has 0 saturated carbocycles. The highest BCUT2D eigenvalue weighted by molar-refractivity contribution is 6.01. The quantitative estimate of drug-likeness (QED) is 0.452. The number of hydrogen-bond acceptors (Lipinski definition) is 7. The predicted molar refractivity (Wildman–Crippen MR) is 173 cm³/mol. The molecule has 0 aliphatic carbocycles. The molecular weight excluding hydrogens is 588 g/mol. The minimum atomic E-state index is -1.18. The molecular formula is C34H46N6O6. The first kappa shape index (κ1) is 34.4. The molecule has 2 aliphatic heterocycles. The van der Waals surface area contributed by atoms with E-state index in [9.17, 15) is 24.0 Å². The van der Waals surface area contributed by atoms with Crippen molar-refractivity contribution >= 4 is 29.5 Å². The van der Waals surface area contributed by atoms with Crippen LogP contribution in [-0.4, -0.2) is 108 Å². The van der Waals surface area contributed by atoms with E-state index in [1.54, 1.807) is 36.1 Å². The van der Waals surface area contributed by atoms with Gasteiger partial charge in [-0.15, -0.1) is 0 Å². The van der Waals surface area contributed by atoms with Gasteiger partial charge < -0.3 is 35.4 Å². The van der Waals surface area contributed by atoms with Crippen LogP contribution in [0.5, 0.6) is 5.75 Å². The highest BCUT2D eigenvalue weighted by atomic mass is 16.5. The molecule has 0 bridgehead atoms. The van der Waals surface area contributed by atoms with Crippen LogP contribution in [0.2, 0.25) is 0 Å². The molecule has 5 amide bonds. The zero-order valence-corrected chi connectivity index (χ0v) is 27.2. The second-order valence-electron chi connectivity index (χ2n) is 12.2. The lowest BCUT2D eigenvalue weighted by Gasteiger charge is -2.36. The van der Waals surface area contributed by atoms with Crippen LogP contribution in [0.25, 0.3) is 0 Å². The fourth-order valence-corrected chi connectivity index (χ4v) is 5.58. The van der Waals surface area contributed by atoms with E-state index in [1.165, 1.54) is 4.90 Å². The molecule has 1 saturated heterocycles. The molecule has 4 rings (SSSR count). The Labute approximate surface area is 270 Å². The van der Waals surface area contributed by atoms with Gasteiger partial charge in [0.2, 0.25) is 23.6 Å². The third kappa shape index (κ3) is 9.29. The van der Waals surface area contributed by atoms with Crippen molar-refractivity contribution in [3.05, 3.63) is 65.7 Å². The smallest absolute Gasteiger partial charge is 0.255 e. The van der Waals surface area contributed by atoms with Gasteiger partial charge in [-0.1, -0.05) is 63.2 Å². The van der Waals surface area contributed by atoms with E-state index in [0.29, 0.717) is 26.2 Å². The number of fused-ring (bicyclic) bond motifs is 1. The molecule has 0 spiro atoms. The molecule has 46 heavy (non-hydrogen) atoms. The fourth-order valence-electron chi connectivity index (χ4n) is 5.58. The molecule has 0 radical (unpaired) electrons. The van der Waals surface area contributed by atoms with Crippen LogP contribution in [0, 0.1) is 5.92 Å². The first-order chi connectivity index (χ1) is 22.0. The molecule has 248 valence electrons. The van der Waals surface area contributed by atoms with Gasteiger partial charge in [-0.2, -0.15) is 0 Å². The molecule has 3 N–H and O–H groups in total. The molecule has 2 aromatic rings. The van der Waals surface area contributed by atoms with Crippen LogP contribution < -0.4 is 20.7 Å².